The number of nitrogens with zero attached hydrogens (tertiary/aromatic N) is 2. The lowest BCUT2D eigenvalue weighted by Gasteiger charge is -2.45. The van der Waals surface area contributed by atoms with Crippen molar-refractivity contribution in [2.24, 2.45) is 18.9 Å². The Morgan fingerprint density at radius 3 is 2.61 bits per heavy atom. The Hall–Kier alpha value is -1.32. The van der Waals surface area contributed by atoms with Crippen molar-refractivity contribution in [1.29, 1.82) is 0 Å². The fourth-order valence-corrected chi connectivity index (χ4v) is 4.87. The lowest BCUT2D eigenvalue weighted by Crippen LogP contribution is -2.46. The second-order valence-electron chi connectivity index (χ2n) is 7.68. The second-order valence-corrected chi connectivity index (χ2v) is 7.68. The van der Waals surface area contributed by atoms with E-state index in [2.05, 4.69) is 47.7 Å². The van der Waals surface area contributed by atoms with Gasteiger partial charge in [-0.15, -0.1) is 0 Å². The molecule has 0 radical (unpaired) electrons. The number of aliphatic hydroxyl groups is 1. The van der Waals surface area contributed by atoms with Crippen molar-refractivity contribution in [3.63, 3.8) is 0 Å². The fourth-order valence-electron chi connectivity index (χ4n) is 4.87. The molecule has 0 aliphatic carbocycles. The van der Waals surface area contributed by atoms with Crippen LogP contribution >= 0.6 is 0 Å². The number of hydrogen-bond acceptors (Lipinski definition) is 2. The van der Waals surface area contributed by atoms with Crippen molar-refractivity contribution in [3.05, 3.63) is 35.5 Å². The zero-order valence-corrected chi connectivity index (χ0v) is 14.3. The van der Waals surface area contributed by atoms with Gasteiger partial charge in [-0.1, -0.05) is 25.1 Å². The number of piperidine rings is 3. The highest BCUT2D eigenvalue weighted by Crippen LogP contribution is 2.43. The van der Waals surface area contributed by atoms with Crippen molar-refractivity contribution in [1.82, 2.24) is 9.47 Å². The van der Waals surface area contributed by atoms with E-state index in [0.29, 0.717) is 11.8 Å². The standard InChI is InChI=1S/C20H28N2O/c1-14(13-23)11-17-16-5-3-4-6-19(16)21(2)20(17)18-12-22-9-7-15(18)8-10-22/h3-6,14-15,18,23H,7-13H2,1-2H3. The summed E-state index contributed by atoms with van der Waals surface area (Å²) in [7, 11) is 2.24. The maximum atomic E-state index is 9.57. The van der Waals surface area contributed by atoms with E-state index in [9.17, 15) is 5.11 Å². The van der Waals surface area contributed by atoms with Gasteiger partial charge in [-0.2, -0.15) is 0 Å². The van der Waals surface area contributed by atoms with Crippen LogP contribution in [0.25, 0.3) is 10.9 Å². The van der Waals surface area contributed by atoms with E-state index in [4.69, 9.17) is 0 Å². The van der Waals surface area contributed by atoms with E-state index in [-0.39, 0.29) is 6.61 Å². The smallest absolute Gasteiger partial charge is 0.0482 e. The Labute approximate surface area is 138 Å². The Kier molecular flexibility index (Phi) is 3.94. The number of aryl methyl sites for hydroxylation is 1. The summed E-state index contributed by atoms with van der Waals surface area (Å²) >= 11 is 0. The number of aromatic nitrogens is 1. The molecule has 0 saturated carbocycles. The topological polar surface area (TPSA) is 28.4 Å². The first-order chi connectivity index (χ1) is 11.2. The van der Waals surface area contributed by atoms with E-state index in [1.165, 1.54) is 48.9 Å². The van der Waals surface area contributed by atoms with Crippen LogP contribution in [-0.2, 0) is 13.5 Å². The largest absolute Gasteiger partial charge is 0.396 e. The number of fused-ring (bicyclic) bond motifs is 4. The Morgan fingerprint density at radius 1 is 1.22 bits per heavy atom. The molecule has 2 unspecified atom stereocenters. The molecule has 3 aliphatic rings. The first-order valence-electron chi connectivity index (χ1n) is 9.08. The van der Waals surface area contributed by atoms with Gasteiger partial charge in [-0.05, 0) is 55.8 Å². The Morgan fingerprint density at radius 2 is 1.96 bits per heavy atom. The summed E-state index contributed by atoms with van der Waals surface area (Å²) in [6.45, 7) is 6.21. The van der Waals surface area contributed by atoms with Crippen molar-refractivity contribution in [2.45, 2.75) is 32.1 Å². The predicted molar refractivity (Wildman–Crippen MR) is 94.8 cm³/mol. The molecule has 0 amide bonds. The number of hydrogen-bond donors (Lipinski definition) is 1. The third kappa shape index (κ3) is 2.50. The maximum absolute atomic E-state index is 9.57. The molecule has 0 spiro atoms. The van der Waals surface area contributed by atoms with Crippen molar-refractivity contribution >= 4 is 10.9 Å². The van der Waals surface area contributed by atoms with Crippen LogP contribution in [0.2, 0.25) is 0 Å². The van der Waals surface area contributed by atoms with Crippen molar-refractivity contribution < 1.29 is 5.11 Å². The van der Waals surface area contributed by atoms with Crippen LogP contribution < -0.4 is 0 Å². The normalized spacial score (nSPS) is 28.4. The maximum Gasteiger partial charge on any atom is 0.0482 e. The van der Waals surface area contributed by atoms with Crippen LogP contribution in [0.1, 0.15) is 36.9 Å². The van der Waals surface area contributed by atoms with Crippen LogP contribution in [0, 0.1) is 11.8 Å². The summed E-state index contributed by atoms with van der Waals surface area (Å²) in [4.78, 5) is 2.64. The molecule has 1 aromatic carbocycles. The zero-order chi connectivity index (χ0) is 16.0. The van der Waals surface area contributed by atoms with E-state index in [0.717, 1.165) is 12.3 Å². The van der Waals surface area contributed by atoms with Crippen LogP contribution in [-0.4, -0.2) is 40.8 Å². The average Bonchev–Trinajstić information content (AvgIpc) is 2.88. The molecule has 23 heavy (non-hydrogen) atoms. The first kappa shape index (κ1) is 15.2. The van der Waals surface area contributed by atoms with Gasteiger partial charge in [0.1, 0.15) is 0 Å². The third-order valence-electron chi connectivity index (χ3n) is 6.13. The molecule has 3 heteroatoms. The quantitative estimate of drug-likeness (QED) is 0.939. The molecule has 3 aliphatic heterocycles. The second kappa shape index (κ2) is 5.95. The minimum atomic E-state index is 0.267. The van der Waals surface area contributed by atoms with E-state index in [1.807, 2.05) is 0 Å². The molecule has 1 N–H and O–H groups in total. The number of para-hydroxylation sites is 1. The summed E-state index contributed by atoms with van der Waals surface area (Å²) in [6.07, 6.45) is 3.68. The molecule has 3 nitrogen and oxygen atoms in total. The predicted octanol–water partition coefficient (Wildman–Crippen LogP) is 3.16. The van der Waals surface area contributed by atoms with Gasteiger partial charge < -0.3 is 14.6 Å². The molecule has 2 atom stereocenters. The van der Waals surface area contributed by atoms with E-state index in [1.54, 1.807) is 5.69 Å². The summed E-state index contributed by atoms with van der Waals surface area (Å²) < 4.78 is 2.45. The number of benzene rings is 1. The molecule has 2 bridgehead atoms. The molecular weight excluding hydrogens is 284 g/mol. The molecule has 3 saturated heterocycles. The van der Waals surface area contributed by atoms with Crippen LogP contribution in [0.5, 0.6) is 0 Å². The highest BCUT2D eigenvalue weighted by molar-refractivity contribution is 5.85. The summed E-state index contributed by atoms with van der Waals surface area (Å²) in [5.74, 6) is 1.82. The molecule has 5 rings (SSSR count). The molecule has 2 aromatic rings. The Bertz CT molecular complexity index is 697. The van der Waals surface area contributed by atoms with Crippen molar-refractivity contribution in [2.75, 3.05) is 26.2 Å². The minimum Gasteiger partial charge on any atom is -0.396 e. The van der Waals surface area contributed by atoms with Crippen LogP contribution in [0.4, 0.5) is 0 Å². The van der Waals surface area contributed by atoms with E-state index >= 15 is 0 Å². The lowest BCUT2D eigenvalue weighted by molar-refractivity contribution is 0.0839. The lowest BCUT2D eigenvalue weighted by atomic mass is 9.76. The molecular formula is C20H28N2O. The monoisotopic (exact) mass is 312 g/mol. The molecule has 124 valence electrons. The average molecular weight is 312 g/mol. The highest BCUT2D eigenvalue weighted by Gasteiger charge is 2.38. The number of aliphatic hydroxyl groups excluding tert-OH is 1. The molecule has 4 heterocycles. The highest BCUT2D eigenvalue weighted by atomic mass is 16.3. The molecule has 3 fully saturated rings. The van der Waals surface area contributed by atoms with Gasteiger partial charge in [0, 0.05) is 42.7 Å². The summed E-state index contributed by atoms with van der Waals surface area (Å²) in [5.41, 5.74) is 4.38. The fraction of sp³-hybridized carbons (Fsp3) is 0.600. The summed E-state index contributed by atoms with van der Waals surface area (Å²) in [6, 6.07) is 8.80. The van der Waals surface area contributed by atoms with Crippen LogP contribution in [0.15, 0.2) is 24.3 Å². The van der Waals surface area contributed by atoms with Crippen LogP contribution in [0.3, 0.4) is 0 Å². The van der Waals surface area contributed by atoms with Crippen molar-refractivity contribution in [3.8, 4) is 0 Å². The van der Waals surface area contributed by atoms with Gasteiger partial charge >= 0.3 is 0 Å². The Balaban J connectivity index is 1.84. The van der Waals surface area contributed by atoms with Gasteiger partial charge in [-0.3, -0.25) is 0 Å². The number of rotatable bonds is 4. The van der Waals surface area contributed by atoms with Gasteiger partial charge in [0.25, 0.3) is 0 Å². The van der Waals surface area contributed by atoms with E-state index < -0.39 is 0 Å². The van der Waals surface area contributed by atoms with Gasteiger partial charge in [-0.25, -0.2) is 0 Å². The van der Waals surface area contributed by atoms with Gasteiger partial charge in [0.2, 0.25) is 0 Å². The summed E-state index contributed by atoms with van der Waals surface area (Å²) in [5, 5.41) is 11.0. The first-order valence-corrected chi connectivity index (χ1v) is 9.08. The SMILES string of the molecule is CC(CO)Cc1c(C2CN3CCC2CC3)n(C)c2ccccc12. The third-order valence-corrected chi connectivity index (χ3v) is 6.13. The van der Waals surface area contributed by atoms with Gasteiger partial charge in [0.15, 0.2) is 0 Å². The molecule has 1 aromatic heterocycles. The minimum absolute atomic E-state index is 0.267. The van der Waals surface area contributed by atoms with Gasteiger partial charge in [0.05, 0.1) is 0 Å². The zero-order valence-electron chi connectivity index (χ0n) is 14.3.